The molecule has 0 bridgehead atoms. The average molecular weight is 310 g/mol. The molecule has 1 aromatic heterocycles. The Morgan fingerprint density at radius 3 is 2.75 bits per heavy atom. The van der Waals surface area contributed by atoms with Crippen LogP contribution in [0.4, 0.5) is 5.82 Å². The van der Waals surface area contributed by atoms with Crippen LogP contribution in [-0.4, -0.2) is 30.4 Å². The third-order valence-electron chi connectivity index (χ3n) is 2.83. The molecule has 106 valence electrons. The van der Waals surface area contributed by atoms with E-state index in [0.29, 0.717) is 16.9 Å². The molecule has 2 rings (SSSR count). The third kappa shape index (κ3) is 3.55. The fourth-order valence-corrected chi connectivity index (χ4v) is 2.44. The largest absolute Gasteiger partial charge is 0.496 e. The summed E-state index contributed by atoms with van der Waals surface area (Å²) in [7, 11) is 3.64. The predicted molar refractivity (Wildman–Crippen MR) is 83.9 cm³/mol. The number of nitrogens with zero attached hydrogens (tertiary/aromatic N) is 3. The number of ether oxygens (including phenoxy) is 1. The minimum atomic E-state index is 0.450. The molecule has 0 atom stereocenters. The molecule has 0 saturated heterocycles. The van der Waals surface area contributed by atoms with Crippen LogP contribution in [0.25, 0.3) is 0 Å². The molecular formula is C14H16ClN3OS. The van der Waals surface area contributed by atoms with E-state index < -0.39 is 0 Å². The molecule has 20 heavy (non-hydrogen) atoms. The average Bonchev–Trinajstić information content (AvgIpc) is 2.47. The van der Waals surface area contributed by atoms with Gasteiger partial charge in [-0.15, -0.1) is 0 Å². The summed E-state index contributed by atoms with van der Waals surface area (Å²) >= 11 is 7.49. The number of methoxy groups -OCH3 is 1. The topological polar surface area (TPSA) is 38.2 Å². The van der Waals surface area contributed by atoms with E-state index >= 15 is 0 Å². The first-order valence-corrected chi connectivity index (χ1v) is 7.66. The molecule has 0 saturated carbocycles. The second-order valence-electron chi connectivity index (χ2n) is 4.20. The Kier molecular flexibility index (Phi) is 5.09. The number of thioether (sulfide) groups is 1. The summed E-state index contributed by atoms with van der Waals surface area (Å²) in [4.78, 5) is 10.6. The van der Waals surface area contributed by atoms with E-state index in [1.807, 2.05) is 42.5 Å². The Hall–Kier alpha value is -1.46. The second-order valence-corrected chi connectivity index (χ2v) is 5.36. The van der Waals surface area contributed by atoms with Gasteiger partial charge in [0, 0.05) is 25.2 Å². The summed E-state index contributed by atoms with van der Waals surface area (Å²) in [6.45, 7) is 0.686. The quantitative estimate of drug-likeness (QED) is 0.480. The van der Waals surface area contributed by atoms with Crippen molar-refractivity contribution in [1.82, 2.24) is 9.97 Å². The normalized spacial score (nSPS) is 10.4. The minimum absolute atomic E-state index is 0.450. The molecule has 0 fully saturated rings. The van der Waals surface area contributed by atoms with Crippen LogP contribution in [0.15, 0.2) is 35.5 Å². The standard InChI is InChI=1S/C14H16ClN3OS/c1-18(9-10-6-4-5-7-11(10)19-2)13-8-12(15)16-14(17-13)20-3/h4-8H,9H2,1-3H3. The lowest BCUT2D eigenvalue weighted by Crippen LogP contribution is -2.18. The summed E-state index contributed by atoms with van der Waals surface area (Å²) < 4.78 is 5.36. The number of anilines is 1. The molecule has 1 aromatic carbocycles. The number of benzene rings is 1. The van der Waals surface area contributed by atoms with E-state index in [4.69, 9.17) is 16.3 Å². The van der Waals surface area contributed by atoms with Gasteiger partial charge in [-0.2, -0.15) is 0 Å². The number of rotatable bonds is 5. The fraction of sp³-hybridized carbons (Fsp3) is 0.286. The zero-order valence-corrected chi connectivity index (χ0v) is 13.2. The van der Waals surface area contributed by atoms with Crippen LogP contribution in [-0.2, 0) is 6.54 Å². The van der Waals surface area contributed by atoms with Crippen LogP contribution < -0.4 is 9.64 Å². The molecule has 0 spiro atoms. The highest BCUT2D eigenvalue weighted by Gasteiger charge is 2.10. The van der Waals surface area contributed by atoms with Crippen LogP contribution in [0.2, 0.25) is 5.15 Å². The van der Waals surface area contributed by atoms with Gasteiger partial charge in [-0.25, -0.2) is 9.97 Å². The molecular weight excluding hydrogens is 294 g/mol. The lowest BCUT2D eigenvalue weighted by molar-refractivity contribution is 0.409. The lowest BCUT2D eigenvalue weighted by Gasteiger charge is -2.20. The molecule has 0 unspecified atom stereocenters. The number of para-hydroxylation sites is 1. The van der Waals surface area contributed by atoms with Gasteiger partial charge in [-0.1, -0.05) is 41.6 Å². The van der Waals surface area contributed by atoms with Crippen LogP contribution in [0.3, 0.4) is 0 Å². The number of aromatic nitrogens is 2. The van der Waals surface area contributed by atoms with Crippen molar-refractivity contribution in [2.75, 3.05) is 25.3 Å². The Morgan fingerprint density at radius 1 is 1.30 bits per heavy atom. The Bertz CT molecular complexity index is 594. The fourth-order valence-electron chi connectivity index (χ4n) is 1.84. The first-order valence-electron chi connectivity index (χ1n) is 6.05. The highest BCUT2D eigenvalue weighted by molar-refractivity contribution is 7.98. The van der Waals surface area contributed by atoms with Crippen molar-refractivity contribution in [3.63, 3.8) is 0 Å². The van der Waals surface area contributed by atoms with E-state index in [1.54, 1.807) is 13.2 Å². The molecule has 0 radical (unpaired) electrons. The van der Waals surface area contributed by atoms with Crippen molar-refractivity contribution >= 4 is 29.2 Å². The molecule has 0 amide bonds. The van der Waals surface area contributed by atoms with E-state index in [0.717, 1.165) is 17.1 Å². The zero-order valence-electron chi connectivity index (χ0n) is 11.6. The molecule has 2 aromatic rings. The Labute approximate surface area is 128 Å². The molecule has 0 aliphatic heterocycles. The van der Waals surface area contributed by atoms with Gasteiger partial charge in [-0.3, -0.25) is 0 Å². The summed E-state index contributed by atoms with van der Waals surface area (Å²) in [5.41, 5.74) is 1.10. The highest BCUT2D eigenvalue weighted by atomic mass is 35.5. The Balaban J connectivity index is 2.23. The predicted octanol–water partition coefficient (Wildman–Crippen LogP) is 3.50. The first-order chi connectivity index (χ1) is 9.63. The van der Waals surface area contributed by atoms with Gasteiger partial charge in [0.2, 0.25) is 0 Å². The van der Waals surface area contributed by atoms with Crippen molar-refractivity contribution in [3.05, 3.63) is 41.0 Å². The molecule has 0 aliphatic rings. The summed E-state index contributed by atoms with van der Waals surface area (Å²) in [6.07, 6.45) is 1.93. The van der Waals surface area contributed by atoms with Gasteiger partial charge in [0.25, 0.3) is 0 Å². The second kappa shape index (κ2) is 6.81. The van der Waals surface area contributed by atoms with Gasteiger partial charge in [0.1, 0.15) is 16.7 Å². The van der Waals surface area contributed by atoms with Crippen LogP contribution in [0, 0.1) is 0 Å². The number of hydrogen-bond acceptors (Lipinski definition) is 5. The molecule has 4 nitrogen and oxygen atoms in total. The van der Waals surface area contributed by atoms with Gasteiger partial charge in [0.15, 0.2) is 5.16 Å². The summed E-state index contributed by atoms with van der Waals surface area (Å²) in [6, 6.07) is 9.69. The van der Waals surface area contributed by atoms with E-state index in [2.05, 4.69) is 9.97 Å². The van der Waals surface area contributed by atoms with Crippen molar-refractivity contribution in [2.45, 2.75) is 11.7 Å². The maximum absolute atomic E-state index is 6.02. The highest BCUT2D eigenvalue weighted by Crippen LogP contribution is 2.24. The SMILES string of the molecule is COc1ccccc1CN(C)c1cc(Cl)nc(SC)n1. The van der Waals surface area contributed by atoms with E-state index in [-0.39, 0.29) is 0 Å². The third-order valence-corrected chi connectivity index (χ3v) is 3.58. The Morgan fingerprint density at radius 2 is 2.05 bits per heavy atom. The van der Waals surface area contributed by atoms with Gasteiger partial charge in [-0.05, 0) is 12.3 Å². The summed E-state index contributed by atoms with van der Waals surface area (Å²) in [5, 5.41) is 1.12. The smallest absolute Gasteiger partial charge is 0.190 e. The number of halogens is 1. The maximum atomic E-state index is 6.02. The van der Waals surface area contributed by atoms with Crippen LogP contribution in [0.1, 0.15) is 5.56 Å². The summed E-state index contributed by atoms with van der Waals surface area (Å²) in [5.74, 6) is 1.66. The van der Waals surface area contributed by atoms with Gasteiger partial charge in [0.05, 0.1) is 7.11 Å². The van der Waals surface area contributed by atoms with Crippen LogP contribution in [0.5, 0.6) is 5.75 Å². The number of hydrogen-bond donors (Lipinski definition) is 0. The zero-order chi connectivity index (χ0) is 14.5. The van der Waals surface area contributed by atoms with Crippen molar-refractivity contribution in [2.24, 2.45) is 0 Å². The molecule has 1 heterocycles. The van der Waals surface area contributed by atoms with E-state index in [9.17, 15) is 0 Å². The van der Waals surface area contributed by atoms with Gasteiger partial charge < -0.3 is 9.64 Å². The van der Waals surface area contributed by atoms with Gasteiger partial charge >= 0.3 is 0 Å². The van der Waals surface area contributed by atoms with Crippen molar-refractivity contribution in [1.29, 1.82) is 0 Å². The van der Waals surface area contributed by atoms with Crippen molar-refractivity contribution < 1.29 is 4.74 Å². The monoisotopic (exact) mass is 309 g/mol. The molecule has 6 heteroatoms. The van der Waals surface area contributed by atoms with Crippen molar-refractivity contribution in [3.8, 4) is 5.75 Å². The minimum Gasteiger partial charge on any atom is -0.496 e. The first kappa shape index (κ1) is 14.9. The molecule has 0 N–H and O–H groups in total. The maximum Gasteiger partial charge on any atom is 0.190 e. The lowest BCUT2D eigenvalue weighted by atomic mass is 10.2. The van der Waals surface area contributed by atoms with E-state index in [1.165, 1.54) is 11.8 Å². The van der Waals surface area contributed by atoms with Crippen LogP contribution >= 0.6 is 23.4 Å². The molecule has 0 aliphatic carbocycles.